The van der Waals surface area contributed by atoms with Crippen LogP contribution in [0.1, 0.15) is 25.3 Å². The quantitative estimate of drug-likeness (QED) is 0.810. The molecule has 2 aromatic rings. The highest BCUT2D eigenvalue weighted by Crippen LogP contribution is 2.16. The van der Waals surface area contributed by atoms with Crippen LogP contribution >= 0.6 is 0 Å². The largest absolute Gasteiger partial charge is 0.381 e. The van der Waals surface area contributed by atoms with Gasteiger partial charge in [0.25, 0.3) is 0 Å². The molecule has 4 nitrogen and oxygen atoms in total. The molecule has 0 aliphatic carbocycles. The molecule has 2 rings (SSSR count). The summed E-state index contributed by atoms with van der Waals surface area (Å²) in [5.74, 6) is 0.970. The van der Waals surface area contributed by atoms with E-state index in [2.05, 4.69) is 36.2 Å². The third kappa shape index (κ3) is 1.98. The van der Waals surface area contributed by atoms with E-state index in [9.17, 15) is 0 Å². The second-order valence-electron chi connectivity index (χ2n) is 3.81. The summed E-state index contributed by atoms with van der Waals surface area (Å²) >= 11 is 0. The zero-order chi connectivity index (χ0) is 10.8. The van der Waals surface area contributed by atoms with Gasteiger partial charge in [-0.05, 0) is 23.6 Å². The Morgan fingerprint density at radius 1 is 1.20 bits per heavy atom. The summed E-state index contributed by atoms with van der Waals surface area (Å²) in [5.41, 5.74) is 7.73. The fourth-order valence-corrected chi connectivity index (χ4v) is 1.39. The molecule has 0 aliphatic heterocycles. The summed E-state index contributed by atoms with van der Waals surface area (Å²) in [6, 6.07) is 8.16. The molecular weight excluding hydrogens is 188 g/mol. The molecule has 1 heterocycles. The van der Waals surface area contributed by atoms with Crippen molar-refractivity contribution < 1.29 is 0 Å². The van der Waals surface area contributed by atoms with Crippen LogP contribution in [0.3, 0.4) is 0 Å². The SMILES string of the molecule is CC(C)c1ccc(-n2ncc(N)n2)cc1. The zero-order valence-corrected chi connectivity index (χ0v) is 8.88. The lowest BCUT2D eigenvalue weighted by Crippen LogP contribution is -1.99. The number of nitrogen functional groups attached to an aromatic ring is 1. The number of aromatic nitrogens is 3. The van der Waals surface area contributed by atoms with E-state index in [-0.39, 0.29) is 0 Å². The predicted octanol–water partition coefficient (Wildman–Crippen LogP) is 1.97. The second kappa shape index (κ2) is 3.73. The molecule has 0 atom stereocenters. The third-order valence-corrected chi connectivity index (χ3v) is 2.30. The van der Waals surface area contributed by atoms with Crippen molar-refractivity contribution in [2.45, 2.75) is 19.8 Å². The van der Waals surface area contributed by atoms with Gasteiger partial charge in [0.05, 0.1) is 11.9 Å². The number of hydrogen-bond acceptors (Lipinski definition) is 3. The molecule has 15 heavy (non-hydrogen) atoms. The average molecular weight is 202 g/mol. The number of nitrogens with zero attached hydrogens (tertiary/aromatic N) is 3. The topological polar surface area (TPSA) is 56.7 Å². The average Bonchev–Trinajstić information content (AvgIpc) is 2.65. The number of benzene rings is 1. The lowest BCUT2D eigenvalue weighted by molar-refractivity contribution is 0.752. The van der Waals surface area contributed by atoms with Crippen molar-refractivity contribution in [3.63, 3.8) is 0 Å². The second-order valence-corrected chi connectivity index (χ2v) is 3.81. The van der Waals surface area contributed by atoms with Gasteiger partial charge in [0.1, 0.15) is 0 Å². The van der Waals surface area contributed by atoms with Gasteiger partial charge in [0.2, 0.25) is 0 Å². The van der Waals surface area contributed by atoms with E-state index in [4.69, 9.17) is 5.73 Å². The third-order valence-electron chi connectivity index (χ3n) is 2.30. The Morgan fingerprint density at radius 3 is 2.33 bits per heavy atom. The molecule has 0 bridgehead atoms. The van der Waals surface area contributed by atoms with Crippen LogP contribution < -0.4 is 5.73 Å². The van der Waals surface area contributed by atoms with E-state index in [0.29, 0.717) is 11.7 Å². The number of anilines is 1. The molecule has 78 valence electrons. The molecule has 1 aromatic carbocycles. The Balaban J connectivity index is 2.31. The van der Waals surface area contributed by atoms with Gasteiger partial charge >= 0.3 is 0 Å². The Kier molecular flexibility index (Phi) is 2.41. The van der Waals surface area contributed by atoms with Gasteiger partial charge in [0.15, 0.2) is 5.82 Å². The molecule has 4 heteroatoms. The van der Waals surface area contributed by atoms with E-state index in [1.54, 1.807) is 0 Å². The minimum Gasteiger partial charge on any atom is -0.381 e. The van der Waals surface area contributed by atoms with Gasteiger partial charge in [-0.15, -0.1) is 9.90 Å². The van der Waals surface area contributed by atoms with Gasteiger partial charge < -0.3 is 5.73 Å². The van der Waals surface area contributed by atoms with Crippen LogP contribution in [0.4, 0.5) is 5.82 Å². The van der Waals surface area contributed by atoms with Crippen molar-refractivity contribution in [2.24, 2.45) is 0 Å². The highest BCUT2D eigenvalue weighted by molar-refractivity contribution is 5.35. The first-order valence-corrected chi connectivity index (χ1v) is 4.95. The minimum atomic E-state index is 0.433. The summed E-state index contributed by atoms with van der Waals surface area (Å²) in [6.07, 6.45) is 1.54. The summed E-state index contributed by atoms with van der Waals surface area (Å²) < 4.78 is 0. The highest BCUT2D eigenvalue weighted by atomic mass is 15.5. The van der Waals surface area contributed by atoms with Crippen LogP contribution in [0, 0.1) is 0 Å². The van der Waals surface area contributed by atoms with Crippen molar-refractivity contribution in [3.05, 3.63) is 36.0 Å². The Bertz CT molecular complexity index is 442. The van der Waals surface area contributed by atoms with Gasteiger partial charge in [-0.3, -0.25) is 0 Å². The molecule has 0 amide bonds. The number of rotatable bonds is 2. The van der Waals surface area contributed by atoms with Crippen molar-refractivity contribution in [1.29, 1.82) is 0 Å². The summed E-state index contributed by atoms with van der Waals surface area (Å²) in [5, 5.41) is 8.08. The molecule has 0 unspecified atom stereocenters. The standard InChI is InChI=1S/C11H14N4/c1-8(2)9-3-5-10(6-4-9)15-13-7-11(12)14-15/h3-8H,1-2H3,(H2,12,14). The molecule has 2 N–H and O–H groups in total. The molecule has 0 saturated heterocycles. The lowest BCUT2D eigenvalue weighted by Gasteiger charge is -2.05. The van der Waals surface area contributed by atoms with Crippen LogP contribution in [0.15, 0.2) is 30.5 Å². The lowest BCUT2D eigenvalue weighted by atomic mass is 10.0. The van der Waals surface area contributed by atoms with Crippen molar-refractivity contribution in [3.8, 4) is 5.69 Å². The van der Waals surface area contributed by atoms with Crippen LogP contribution in [0.25, 0.3) is 5.69 Å². The summed E-state index contributed by atoms with van der Waals surface area (Å²) in [4.78, 5) is 1.53. The maximum absolute atomic E-state index is 5.50. The summed E-state index contributed by atoms with van der Waals surface area (Å²) in [6.45, 7) is 4.33. The number of nitrogens with two attached hydrogens (primary N) is 1. The van der Waals surface area contributed by atoms with E-state index >= 15 is 0 Å². The van der Waals surface area contributed by atoms with Gasteiger partial charge in [-0.1, -0.05) is 26.0 Å². The Morgan fingerprint density at radius 2 is 1.87 bits per heavy atom. The van der Waals surface area contributed by atoms with E-state index in [1.807, 2.05) is 12.1 Å². The molecule has 1 aromatic heterocycles. The van der Waals surface area contributed by atoms with Crippen molar-refractivity contribution in [1.82, 2.24) is 15.0 Å². The first kappa shape index (κ1) is 9.71. The van der Waals surface area contributed by atoms with Gasteiger partial charge in [-0.2, -0.15) is 5.10 Å². The molecule has 0 fully saturated rings. The Labute approximate surface area is 88.7 Å². The molecule has 0 spiro atoms. The van der Waals surface area contributed by atoms with E-state index < -0.39 is 0 Å². The maximum Gasteiger partial charge on any atom is 0.166 e. The zero-order valence-electron chi connectivity index (χ0n) is 8.88. The van der Waals surface area contributed by atoms with Crippen molar-refractivity contribution in [2.75, 3.05) is 5.73 Å². The first-order chi connectivity index (χ1) is 7.16. The minimum absolute atomic E-state index is 0.433. The van der Waals surface area contributed by atoms with Crippen LogP contribution in [0.5, 0.6) is 0 Å². The predicted molar refractivity (Wildman–Crippen MR) is 59.9 cm³/mol. The van der Waals surface area contributed by atoms with Crippen LogP contribution in [-0.2, 0) is 0 Å². The van der Waals surface area contributed by atoms with Gasteiger partial charge in [0, 0.05) is 0 Å². The van der Waals surface area contributed by atoms with E-state index in [0.717, 1.165) is 5.69 Å². The highest BCUT2D eigenvalue weighted by Gasteiger charge is 2.02. The van der Waals surface area contributed by atoms with E-state index in [1.165, 1.54) is 16.6 Å². The molecule has 0 radical (unpaired) electrons. The normalized spacial score (nSPS) is 10.9. The molecule has 0 saturated carbocycles. The van der Waals surface area contributed by atoms with Gasteiger partial charge in [-0.25, -0.2) is 0 Å². The Hall–Kier alpha value is -1.84. The fourth-order valence-electron chi connectivity index (χ4n) is 1.39. The number of hydrogen-bond donors (Lipinski definition) is 1. The monoisotopic (exact) mass is 202 g/mol. The summed E-state index contributed by atoms with van der Waals surface area (Å²) in [7, 11) is 0. The maximum atomic E-state index is 5.50. The molecular formula is C11H14N4. The van der Waals surface area contributed by atoms with Crippen molar-refractivity contribution >= 4 is 5.82 Å². The first-order valence-electron chi connectivity index (χ1n) is 4.95. The smallest absolute Gasteiger partial charge is 0.166 e. The fraction of sp³-hybridized carbons (Fsp3) is 0.273. The van der Waals surface area contributed by atoms with Crippen LogP contribution in [0.2, 0.25) is 0 Å². The molecule has 0 aliphatic rings. The van der Waals surface area contributed by atoms with Crippen LogP contribution in [-0.4, -0.2) is 15.0 Å².